The molecule has 1 aliphatic carbocycles. The van der Waals surface area contributed by atoms with Crippen molar-refractivity contribution in [2.45, 2.75) is 44.7 Å². The molecule has 0 amide bonds. The van der Waals surface area contributed by atoms with Crippen LogP contribution in [0.1, 0.15) is 37.7 Å². The van der Waals surface area contributed by atoms with Gasteiger partial charge in [-0.3, -0.25) is 4.90 Å². The quantitative estimate of drug-likeness (QED) is 0.887. The predicted molar refractivity (Wildman–Crippen MR) is 74.6 cm³/mol. The van der Waals surface area contributed by atoms with E-state index in [4.69, 9.17) is 0 Å². The summed E-state index contributed by atoms with van der Waals surface area (Å²) in [6, 6.07) is 5.18. The Labute approximate surface area is 110 Å². The summed E-state index contributed by atoms with van der Waals surface area (Å²) in [6.07, 6.45) is 9.06. The Morgan fingerprint density at radius 1 is 1.33 bits per heavy atom. The molecular weight excluding hydrogens is 222 g/mol. The number of hydrogen-bond acceptors (Lipinski definition) is 3. The molecule has 1 aromatic rings. The normalized spacial score (nSPS) is 28.1. The van der Waals surface area contributed by atoms with Gasteiger partial charge in [0.15, 0.2) is 0 Å². The van der Waals surface area contributed by atoms with E-state index in [-0.39, 0.29) is 0 Å². The maximum Gasteiger partial charge on any atom is 0.125 e. The first-order chi connectivity index (χ1) is 8.86. The minimum Gasteiger partial charge on any atom is -0.373 e. The van der Waals surface area contributed by atoms with E-state index in [9.17, 15) is 0 Å². The van der Waals surface area contributed by atoms with Crippen LogP contribution in [0.2, 0.25) is 0 Å². The lowest BCUT2D eigenvalue weighted by molar-refractivity contribution is 0.106. The number of aromatic nitrogens is 1. The summed E-state index contributed by atoms with van der Waals surface area (Å²) < 4.78 is 0. The van der Waals surface area contributed by atoms with E-state index in [0.717, 1.165) is 24.3 Å². The molecule has 3 rings (SSSR count). The van der Waals surface area contributed by atoms with Crippen molar-refractivity contribution >= 4 is 5.82 Å². The Kier molecular flexibility index (Phi) is 3.50. The molecule has 2 fully saturated rings. The van der Waals surface area contributed by atoms with Crippen LogP contribution >= 0.6 is 0 Å². The first-order valence-electron chi connectivity index (χ1n) is 7.23. The average Bonchev–Trinajstić information content (AvgIpc) is 2.88. The van der Waals surface area contributed by atoms with Gasteiger partial charge in [0.1, 0.15) is 5.82 Å². The van der Waals surface area contributed by atoms with Crippen molar-refractivity contribution in [2.75, 3.05) is 18.9 Å². The Morgan fingerprint density at radius 2 is 2.22 bits per heavy atom. The van der Waals surface area contributed by atoms with Crippen LogP contribution in [-0.2, 0) is 6.54 Å². The molecule has 2 unspecified atom stereocenters. The van der Waals surface area contributed by atoms with Crippen LogP contribution in [0.15, 0.2) is 18.3 Å². The number of anilines is 1. The van der Waals surface area contributed by atoms with E-state index >= 15 is 0 Å². The zero-order chi connectivity index (χ0) is 12.4. The fourth-order valence-corrected chi connectivity index (χ4v) is 3.70. The summed E-state index contributed by atoms with van der Waals surface area (Å²) in [5.74, 6) is 1.96. The highest BCUT2D eigenvalue weighted by atomic mass is 15.2. The smallest absolute Gasteiger partial charge is 0.125 e. The molecule has 1 aromatic heterocycles. The van der Waals surface area contributed by atoms with Crippen LogP contribution in [0.4, 0.5) is 5.82 Å². The van der Waals surface area contributed by atoms with E-state index in [1.165, 1.54) is 44.2 Å². The highest BCUT2D eigenvalue weighted by Crippen LogP contribution is 2.37. The van der Waals surface area contributed by atoms with Gasteiger partial charge >= 0.3 is 0 Å². The third-order valence-corrected chi connectivity index (χ3v) is 4.57. The summed E-state index contributed by atoms with van der Waals surface area (Å²) in [4.78, 5) is 6.99. The number of likely N-dealkylation sites (tertiary alicyclic amines) is 1. The van der Waals surface area contributed by atoms with Crippen LogP contribution < -0.4 is 5.32 Å². The van der Waals surface area contributed by atoms with Crippen LogP contribution in [0.25, 0.3) is 0 Å². The Balaban J connectivity index is 1.70. The van der Waals surface area contributed by atoms with Gasteiger partial charge in [-0.25, -0.2) is 4.98 Å². The van der Waals surface area contributed by atoms with Gasteiger partial charge in [-0.1, -0.05) is 6.42 Å². The second kappa shape index (κ2) is 5.27. The molecule has 0 aromatic carbocycles. The molecule has 0 bridgehead atoms. The number of rotatable bonds is 3. The van der Waals surface area contributed by atoms with E-state index in [1.807, 2.05) is 13.2 Å². The number of piperidine rings is 1. The zero-order valence-electron chi connectivity index (χ0n) is 11.2. The molecule has 98 valence electrons. The largest absolute Gasteiger partial charge is 0.373 e. The number of nitrogens with one attached hydrogen (secondary N) is 1. The Bertz CT molecular complexity index is 404. The fourth-order valence-electron chi connectivity index (χ4n) is 3.70. The maximum absolute atomic E-state index is 4.29. The van der Waals surface area contributed by atoms with Crippen molar-refractivity contribution in [3.05, 3.63) is 23.9 Å². The number of hydrogen-bond donors (Lipinski definition) is 1. The second-order valence-corrected chi connectivity index (χ2v) is 5.67. The molecule has 3 nitrogen and oxygen atoms in total. The van der Waals surface area contributed by atoms with Gasteiger partial charge in [-0.05, 0) is 55.8 Å². The summed E-state index contributed by atoms with van der Waals surface area (Å²) >= 11 is 0. The number of pyridine rings is 1. The average molecular weight is 245 g/mol. The van der Waals surface area contributed by atoms with Crippen LogP contribution in [-0.4, -0.2) is 29.5 Å². The van der Waals surface area contributed by atoms with Gasteiger partial charge in [-0.2, -0.15) is 0 Å². The molecule has 18 heavy (non-hydrogen) atoms. The molecule has 2 atom stereocenters. The lowest BCUT2D eigenvalue weighted by atomic mass is 9.91. The molecule has 1 aliphatic heterocycles. The minimum absolute atomic E-state index is 0.852. The summed E-state index contributed by atoms with van der Waals surface area (Å²) in [5.41, 5.74) is 1.39. The molecule has 0 spiro atoms. The van der Waals surface area contributed by atoms with E-state index in [1.54, 1.807) is 0 Å². The van der Waals surface area contributed by atoms with Crippen LogP contribution in [0, 0.1) is 5.92 Å². The summed E-state index contributed by atoms with van der Waals surface area (Å²) in [6.45, 7) is 2.37. The van der Waals surface area contributed by atoms with Crippen molar-refractivity contribution in [3.63, 3.8) is 0 Å². The van der Waals surface area contributed by atoms with Gasteiger partial charge < -0.3 is 5.32 Å². The number of nitrogens with zero attached hydrogens (tertiary/aromatic N) is 2. The lowest BCUT2D eigenvalue weighted by Gasteiger charge is -2.37. The van der Waals surface area contributed by atoms with E-state index in [0.29, 0.717) is 0 Å². The van der Waals surface area contributed by atoms with Crippen molar-refractivity contribution in [1.29, 1.82) is 0 Å². The van der Waals surface area contributed by atoms with Crippen molar-refractivity contribution < 1.29 is 0 Å². The molecule has 0 radical (unpaired) electrons. The highest BCUT2D eigenvalue weighted by molar-refractivity contribution is 5.36. The van der Waals surface area contributed by atoms with Crippen LogP contribution in [0.5, 0.6) is 0 Å². The Morgan fingerprint density at radius 3 is 3.11 bits per heavy atom. The SMILES string of the molecule is CNc1cc(CN2CCCC3CCCC32)ccn1. The molecule has 2 heterocycles. The fraction of sp³-hybridized carbons (Fsp3) is 0.667. The van der Waals surface area contributed by atoms with E-state index in [2.05, 4.69) is 27.3 Å². The van der Waals surface area contributed by atoms with Gasteiger partial charge in [-0.15, -0.1) is 0 Å². The molecule has 1 saturated carbocycles. The topological polar surface area (TPSA) is 28.2 Å². The first kappa shape index (κ1) is 12.0. The second-order valence-electron chi connectivity index (χ2n) is 5.67. The van der Waals surface area contributed by atoms with Gasteiger partial charge in [0.25, 0.3) is 0 Å². The monoisotopic (exact) mass is 245 g/mol. The molecule has 3 heteroatoms. The number of fused-ring (bicyclic) bond motifs is 1. The highest BCUT2D eigenvalue weighted by Gasteiger charge is 2.34. The van der Waals surface area contributed by atoms with Crippen LogP contribution in [0.3, 0.4) is 0 Å². The van der Waals surface area contributed by atoms with Crippen molar-refractivity contribution in [2.24, 2.45) is 5.92 Å². The molecule has 2 aliphatic rings. The van der Waals surface area contributed by atoms with E-state index < -0.39 is 0 Å². The molecular formula is C15H23N3. The van der Waals surface area contributed by atoms with Crippen molar-refractivity contribution in [3.8, 4) is 0 Å². The third-order valence-electron chi connectivity index (χ3n) is 4.57. The zero-order valence-corrected chi connectivity index (χ0v) is 11.2. The molecule has 1 saturated heterocycles. The third kappa shape index (κ3) is 2.37. The Hall–Kier alpha value is -1.09. The summed E-state index contributed by atoms with van der Waals surface area (Å²) in [7, 11) is 1.93. The first-order valence-corrected chi connectivity index (χ1v) is 7.23. The molecule has 1 N–H and O–H groups in total. The predicted octanol–water partition coefficient (Wildman–Crippen LogP) is 2.89. The summed E-state index contributed by atoms with van der Waals surface area (Å²) in [5, 5.41) is 3.12. The van der Waals surface area contributed by atoms with Gasteiger partial charge in [0.2, 0.25) is 0 Å². The standard InChI is InChI=1S/C15H23N3/c1-16-15-10-12(7-8-17-15)11-18-9-3-5-13-4-2-6-14(13)18/h7-8,10,13-14H,2-6,9,11H2,1H3,(H,16,17). The van der Waals surface area contributed by atoms with Gasteiger partial charge in [0.05, 0.1) is 0 Å². The minimum atomic E-state index is 0.852. The van der Waals surface area contributed by atoms with Gasteiger partial charge in [0, 0.05) is 25.8 Å². The van der Waals surface area contributed by atoms with Crippen molar-refractivity contribution in [1.82, 2.24) is 9.88 Å². The maximum atomic E-state index is 4.29. The lowest BCUT2D eigenvalue weighted by Crippen LogP contribution is -2.41.